The molecule has 2 saturated heterocycles. The van der Waals surface area contributed by atoms with Crippen molar-refractivity contribution in [2.24, 2.45) is 0 Å². The predicted molar refractivity (Wildman–Crippen MR) is 73.4 cm³/mol. The molecule has 0 aliphatic carbocycles. The van der Waals surface area contributed by atoms with E-state index in [0.717, 1.165) is 0 Å². The highest BCUT2D eigenvalue weighted by molar-refractivity contribution is 4.93. The second-order valence-corrected chi connectivity index (χ2v) is 5.80. The van der Waals surface area contributed by atoms with E-state index in [9.17, 15) is 35.7 Å². The van der Waals surface area contributed by atoms with Crippen molar-refractivity contribution in [1.29, 1.82) is 0 Å². The molecular weight excluding hydrogens is 332 g/mol. The van der Waals surface area contributed by atoms with Crippen molar-refractivity contribution < 1.29 is 54.7 Å². The number of methoxy groups -OCH3 is 1. The van der Waals surface area contributed by atoms with E-state index in [4.69, 9.17) is 18.9 Å². The average molecular weight is 356 g/mol. The average Bonchev–Trinajstić information content (AvgIpc) is 2.57. The molecule has 0 aromatic carbocycles. The molecule has 11 heteroatoms. The van der Waals surface area contributed by atoms with Gasteiger partial charge in [-0.25, -0.2) is 0 Å². The van der Waals surface area contributed by atoms with Crippen LogP contribution < -0.4 is 0 Å². The molecule has 0 bridgehead atoms. The summed E-state index contributed by atoms with van der Waals surface area (Å²) in [7, 11) is 1.35. The fourth-order valence-electron chi connectivity index (χ4n) is 2.72. The Kier molecular flexibility index (Phi) is 6.87. The van der Waals surface area contributed by atoms with Gasteiger partial charge >= 0.3 is 0 Å². The van der Waals surface area contributed by atoms with Crippen LogP contribution in [-0.2, 0) is 18.9 Å². The summed E-state index contributed by atoms with van der Waals surface area (Å²) < 4.78 is 20.5. The Morgan fingerprint density at radius 1 is 0.792 bits per heavy atom. The zero-order valence-corrected chi connectivity index (χ0v) is 13.0. The summed E-state index contributed by atoms with van der Waals surface area (Å²) in [4.78, 5) is 0. The highest BCUT2D eigenvalue weighted by Crippen LogP contribution is 2.28. The molecule has 2 rings (SSSR count). The lowest BCUT2D eigenvalue weighted by atomic mass is 9.97. The smallest absolute Gasteiger partial charge is 0.187 e. The zero-order valence-electron chi connectivity index (χ0n) is 13.0. The lowest BCUT2D eigenvalue weighted by Crippen LogP contribution is -2.64. The quantitative estimate of drug-likeness (QED) is 0.251. The van der Waals surface area contributed by atoms with Crippen molar-refractivity contribution in [2.75, 3.05) is 20.3 Å². The van der Waals surface area contributed by atoms with Crippen LogP contribution in [0.1, 0.15) is 0 Å². The first kappa shape index (κ1) is 19.9. The van der Waals surface area contributed by atoms with E-state index in [1.807, 2.05) is 0 Å². The highest BCUT2D eigenvalue weighted by Gasteiger charge is 2.50. The maximum Gasteiger partial charge on any atom is 0.187 e. The predicted octanol–water partition coefficient (Wildman–Crippen LogP) is -4.74. The van der Waals surface area contributed by atoms with Crippen LogP contribution in [0, 0.1) is 0 Å². The van der Waals surface area contributed by atoms with Gasteiger partial charge in [0.15, 0.2) is 12.6 Å². The Labute approximate surface area is 137 Å². The minimum Gasteiger partial charge on any atom is -0.394 e. The molecule has 0 spiro atoms. The number of hydrogen-bond acceptors (Lipinski definition) is 11. The molecule has 0 amide bonds. The third-order valence-electron chi connectivity index (χ3n) is 4.13. The van der Waals surface area contributed by atoms with Gasteiger partial charge in [-0.05, 0) is 0 Å². The number of hydrogen-bond donors (Lipinski definition) is 7. The van der Waals surface area contributed by atoms with Gasteiger partial charge in [0.2, 0.25) is 0 Å². The first-order chi connectivity index (χ1) is 11.3. The first-order valence-electron chi connectivity index (χ1n) is 7.46. The maximum absolute atomic E-state index is 10.0. The van der Waals surface area contributed by atoms with Crippen LogP contribution in [-0.4, -0.2) is 117 Å². The number of ether oxygens (including phenoxy) is 4. The van der Waals surface area contributed by atoms with Crippen molar-refractivity contribution >= 4 is 0 Å². The fraction of sp³-hybridized carbons (Fsp3) is 1.00. The standard InChI is InChI=1S/C13H24O11/c1-21-3-5-6(15)7(16)10(19)13(23-5)24-11-4(2-14)22-12(20)9(18)8(11)17/h4-20H,2-3H2,1H3/t4-,5-,6-,7+,8-,9-,10-,11-,12+,13+/m1/s1. The Bertz CT molecular complexity index is 394. The largest absolute Gasteiger partial charge is 0.394 e. The zero-order chi connectivity index (χ0) is 18.0. The minimum atomic E-state index is -1.72. The van der Waals surface area contributed by atoms with Crippen LogP contribution in [0.15, 0.2) is 0 Å². The number of aliphatic hydroxyl groups is 7. The van der Waals surface area contributed by atoms with Gasteiger partial charge in [0.25, 0.3) is 0 Å². The Morgan fingerprint density at radius 2 is 1.46 bits per heavy atom. The van der Waals surface area contributed by atoms with Gasteiger partial charge in [-0.1, -0.05) is 0 Å². The summed E-state index contributed by atoms with van der Waals surface area (Å²) in [6, 6.07) is 0. The number of rotatable bonds is 5. The van der Waals surface area contributed by atoms with Gasteiger partial charge in [0.05, 0.1) is 13.2 Å². The Morgan fingerprint density at radius 3 is 2.04 bits per heavy atom. The van der Waals surface area contributed by atoms with Crippen LogP contribution in [0.3, 0.4) is 0 Å². The van der Waals surface area contributed by atoms with Crippen LogP contribution in [0.2, 0.25) is 0 Å². The van der Waals surface area contributed by atoms with Crippen LogP contribution in [0.25, 0.3) is 0 Å². The van der Waals surface area contributed by atoms with Crippen molar-refractivity contribution in [1.82, 2.24) is 0 Å². The van der Waals surface area contributed by atoms with Gasteiger partial charge in [-0.15, -0.1) is 0 Å². The monoisotopic (exact) mass is 356 g/mol. The van der Waals surface area contributed by atoms with Crippen LogP contribution in [0.4, 0.5) is 0 Å². The molecule has 11 nitrogen and oxygen atoms in total. The lowest BCUT2D eigenvalue weighted by Gasteiger charge is -2.45. The topological polar surface area (TPSA) is 179 Å². The Balaban J connectivity index is 2.11. The molecule has 2 aliphatic heterocycles. The van der Waals surface area contributed by atoms with Gasteiger partial charge in [0.1, 0.15) is 48.8 Å². The summed E-state index contributed by atoms with van der Waals surface area (Å²) in [5.74, 6) is 0. The summed E-state index contributed by atoms with van der Waals surface area (Å²) in [5, 5.41) is 68.1. The molecule has 0 saturated carbocycles. The number of aliphatic hydroxyl groups excluding tert-OH is 7. The van der Waals surface area contributed by atoms with Gasteiger partial charge in [0, 0.05) is 7.11 Å². The summed E-state index contributed by atoms with van der Waals surface area (Å²) in [5.41, 5.74) is 0. The molecule has 2 aliphatic rings. The van der Waals surface area contributed by atoms with Crippen molar-refractivity contribution in [2.45, 2.75) is 61.4 Å². The molecule has 0 unspecified atom stereocenters. The summed E-state index contributed by atoms with van der Waals surface area (Å²) in [6.07, 6.45) is -14.8. The molecule has 2 fully saturated rings. The van der Waals surface area contributed by atoms with E-state index in [1.165, 1.54) is 7.11 Å². The molecule has 10 atom stereocenters. The SMILES string of the molecule is COC[C@H]1O[C@@H](O[C@H]2[C@H](O)[C@@H](O)[C@@H](O)O[C@@H]2CO)[C@H](O)[C@@H](O)[C@@H]1O. The van der Waals surface area contributed by atoms with E-state index in [0.29, 0.717) is 0 Å². The molecule has 2 heterocycles. The fourth-order valence-corrected chi connectivity index (χ4v) is 2.72. The highest BCUT2D eigenvalue weighted by atomic mass is 16.7. The molecule has 0 radical (unpaired) electrons. The second-order valence-electron chi connectivity index (χ2n) is 5.80. The second kappa shape index (κ2) is 8.29. The molecule has 142 valence electrons. The first-order valence-corrected chi connectivity index (χ1v) is 7.46. The molecule has 24 heavy (non-hydrogen) atoms. The van der Waals surface area contributed by atoms with Crippen LogP contribution in [0.5, 0.6) is 0 Å². The minimum absolute atomic E-state index is 0.0979. The third-order valence-corrected chi connectivity index (χ3v) is 4.13. The lowest BCUT2D eigenvalue weighted by molar-refractivity contribution is -0.355. The summed E-state index contributed by atoms with van der Waals surface area (Å²) in [6.45, 7) is -0.750. The van der Waals surface area contributed by atoms with E-state index in [1.54, 1.807) is 0 Å². The van der Waals surface area contributed by atoms with Gasteiger partial charge in [-0.3, -0.25) is 0 Å². The summed E-state index contributed by atoms with van der Waals surface area (Å²) >= 11 is 0. The van der Waals surface area contributed by atoms with Crippen molar-refractivity contribution in [3.05, 3.63) is 0 Å². The molecular formula is C13H24O11. The Hall–Kier alpha value is -0.440. The van der Waals surface area contributed by atoms with Gasteiger partial charge in [-0.2, -0.15) is 0 Å². The molecule has 0 aromatic rings. The maximum atomic E-state index is 10.0. The van der Waals surface area contributed by atoms with Crippen LogP contribution >= 0.6 is 0 Å². The molecule has 0 aromatic heterocycles. The third kappa shape index (κ3) is 3.86. The van der Waals surface area contributed by atoms with Crippen molar-refractivity contribution in [3.63, 3.8) is 0 Å². The molecule has 7 N–H and O–H groups in total. The van der Waals surface area contributed by atoms with E-state index >= 15 is 0 Å². The van der Waals surface area contributed by atoms with Gasteiger partial charge < -0.3 is 54.7 Å². The van der Waals surface area contributed by atoms with Crippen molar-refractivity contribution in [3.8, 4) is 0 Å². The van der Waals surface area contributed by atoms with E-state index in [-0.39, 0.29) is 6.61 Å². The van der Waals surface area contributed by atoms with E-state index in [2.05, 4.69) is 0 Å². The van der Waals surface area contributed by atoms with E-state index < -0.39 is 68.0 Å². The normalized spacial score (nSPS) is 50.0.